The van der Waals surface area contributed by atoms with E-state index in [9.17, 15) is 4.79 Å². The number of hydrogen-bond donors (Lipinski definition) is 2. The summed E-state index contributed by atoms with van der Waals surface area (Å²) >= 11 is 0. The fraction of sp³-hybridized carbons (Fsp3) is 0.600. The standard InChI is InChI=1S/C10H18N4O/c1-8(2)6-11-10(15)12-7-9-4-5-13-14(9)3/h4-5,8H,6-7H2,1-3H3,(H2,11,12,15). The van der Waals surface area contributed by atoms with Gasteiger partial charge in [0.1, 0.15) is 0 Å². The van der Waals surface area contributed by atoms with E-state index in [1.165, 1.54) is 0 Å². The molecule has 0 aliphatic heterocycles. The van der Waals surface area contributed by atoms with Crippen molar-refractivity contribution in [3.05, 3.63) is 18.0 Å². The number of carbonyl (C=O) groups excluding carboxylic acids is 1. The SMILES string of the molecule is CC(C)CNC(=O)NCc1ccnn1C. The van der Waals surface area contributed by atoms with E-state index in [-0.39, 0.29) is 6.03 Å². The third-order valence-corrected chi connectivity index (χ3v) is 2.02. The molecular weight excluding hydrogens is 192 g/mol. The maximum Gasteiger partial charge on any atom is 0.315 e. The first kappa shape index (κ1) is 11.6. The largest absolute Gasteiger partial charge is 0.338 e. The van der Waals surface area contributed by atoms with Gasteiger partial charge in [0.15, 0.2) is 0 Å². The Morgan fingerprint density at radius 1 is 1.53 bits per heavy atom. The third-order valence-electron chi connectivity index (χ3n) is 2.02. The van der Waals surface area contributed by atoms with E-state index in [0.29, 0.717) is 19.0 Å². The average Bonchev–Trinajstić information content (AvgIpc) is 2.58. The smallest absolute Gasteiger partial charge is 0.315 e. The monoisotopic (exact) mass is 210 g/mol. The topological polar surface area (TPSA) is 59.0 Å². The van der Waals surface area contributed by atoms with Crippen LogP contribution in [0.5, 0.6) is 0 Å². The van der Waals surface area contributed by atoms with Crippen LogP contribution in [-0.4, -0.2) is 22.4 Å². The van der Waals surface area contributed by atoms with Crippen LogP contribution in [0, 0.1) is 5.92 Å². The van der Waals surface area contributed by atoms with E-state index in [0.717, 1.165) is 5.69 Å². The quantitative estimate of drug-likeness (QED) is 0.775. The lowest BCUT2D eigenvalue weighted by Crippen LogP contribution is -2.37. The summed E-state index contributed by atoms with van der Waals surface area (Å²) in [4.78, 5) is 11.3. The summed E-state index contributed by atoms with van der Waals surface area (Å²) in [5.74, 6) is 0.465. The van der Waals surface area contributed by atoms with Crippen molar-refractivity contribution in [3.8, 4) is 0 Å². The van der Waals surface area contributed by atoms with Crippen molar-refractivity contribution in [1.29, 1.82) is 0 Å². The van der Waals surface area contributed by atoms with Gasteiger partial charge in [-0.05, 0) is 12.0 Å². The number of nitrogens with one attached hydrogen (secondary N) is 2. The molecule has 1 heterocycles. The number of aromatic nitrogens is 2. The molecule has 1 aromatic heterocycles. The number of aryl methyl sites for hydroxylation is 1. The fourth-order valence-electron chi connectivity index (χ4n) is 1.10. The molecule has 0 unspecified atom stereocenters. The Labute approximate surface area is 89.9 Å². The molecule has 1 aromatic rings. The molecule has 0 saturated heterocycles. The Bertz CT molecular complexity index is 319. The van der Waals surface area contributed by atoms with Gasteiger partial charge >= 0.3 is 6.03 Å². The van der Waals surface area contributed by atoms with Crippen molar-refractivity contribution in [1.82, 2.24) is 20.4 Å². The van der Waals surface area contributed by atoms with Gasteiger partial charge in [-0.15, -0.1) is 0 Å². The van der Waals surface area contributed by atoms with Gasteiger partial charge in [-0.1, -0.05) is 13.8 Å². The highest BCUT2D eigenvalue weighted by Crippen LogP contribution is 1.94. The van der Waals surface area contributed by atoms with Crippen LogP contribution in [-0.2, 0) is 13.6 Å². The minimum absolute atomic E-state index is 0.134. The highest BCUT2D eigenvalue weighted by molar-refractivity contribution is 5.73. The number of hydrogen-bond acceptors (Lipinski definition) is 2. The van der Waals surface area contributed by atoms with E-state index in [1.807, 2.05) is 13.1 Å². The number of urea groups is 1. The molecule has 1 rings (SSSR count). The van der Waals surface area contributed by atoms with Crippen molar-refractivity contribution in [2.75, 3.05) is 6.54 Å². The molecule has 0 saturated carbocycles. The summed E-state index contributed by atoms with van der Waals surface area (Å²) in [6.07, 6.45) is 1.71. The Balaban J connectivity index is 2.26. The summed E-state index contributed by atoms with van der Waals surface area (Å²) in [5, 5.41) is 9.57. The van der Waals surface area contributed by atoms with E-state index in [4.69, 9.17) is 0 Å². The number of carbonyl (C=O) groups is 1. The minimum atomic E-state index is -0.134. The molecule has 0 aromatic carbocycles. The van der Waals surface area contributed by atoms with E-state index < -0.39 is 0 Å². The molecule has 2 amide bonds. The van der Waals surface area contributed by atoms with Crippen molar-refractivity contribution < 1.29 is 4.79 Å². The maximum atomic E-state index is 11.3. The molecule has 15 heavy (non-hydrogen) atoms. The van der Waals surface area contributed by atoms with Gasteiger partial charge in [0, 0.05) is 19.8 Å². The molecule has 0 radical (unpaired) electrons. The van der Waals surface area contributed by atoms with Crippen LogP contribution < -0.4 is 10.6 Å². The third kappa shape index (κ3) is 4.01. The van der Waals surface area contributed by atoms with Gasteiger partial charge in [0.05, 0.1) is 12.2 Å². The van der Waals surface area contributed by atoms with Crippen LogP contribution in [0.3, 0.4) is 0 Å². The zero-order chi connectivity index (χ0) is 11.3. The Morgan fingerprint density at radius 3 is 2.80 bits per heavy atom. The molecule has 0 atom stereocenters. The van der Waals surface area contributed by atoms with Crippen LogP contribution in [0.2, 0.25) is 0 Å². The minimum Gasteiger partial charge on any atom is -0.338 e. The summed E-state index contributed by atoms with van der Waals surface area (Å²) in [7, 11) is 1.85. The van der Waals surface area contributed by atoms with E-state index >= 15 is 0 Å². The van der Waals surface area contributed by atoms with Gasteiger partial charge in [0.25, 0.3) is 0 Å². The second-order valence-electron chi connectivity index (χ2n) is 3.90. The first-order chi connectivity index (χ1) is 7.09. The molecule has 0 spiro atoms. The van der Waals surface area contributed by atoms with Crippen LogP contribution in [0.1, 0.15) is 19.5 Å². The predicted molar refractivity (Wildman–Crippen MR) is 58.3 cm³/mol. The van der Waals surface area contributed by atoms with Gasteiger partial charge in [-0.2, -0.15) is 5.10 Å². The molecular formula is C10H18N4O. The Kier molecular flexibility index (Phi) is 4.15. The van der Waals surface area contributed by atoms with Crippen LogP contribution in [0.4, 0.5) is 4.79 Å². The lowest BCUT2D eigenvalue weighted by molar-refractivity contribution is 0.239. The van der Waals surface area contributed by atoms with Gasteiger partial charge in [0.2, 0.25) is 0 Å². The van der Waals surface area contributed by atoms with Crippen LogP contribution in [0.15, 0.2) is 12.3 Å². The summed E-state index contributed by atoms with van der Waals surface area (Å²) in [5.41, 5.74) is 0.981. The highest BCUT2D eigenvalue weighted by Gasteiger charge is 2.03. The predicted octanol–water partition coefficient (Wildman–Crippen LogP) is 0.875. The van der Waals surface area contributed by atoms with Crippen molar-refractivity contribution in [2.45, 2.75) is 20.4 Å². The molecule has 5 nitrogen and oxygen atoms in total. The summed E-state index contributed by atoms with van der Waals surface area (Å²) in [6.45, 7) is 5.31. The average molecular weight is 210 g/mol. The second kappa shape index (κ2) is 5.38. The lowest BCUT2D eigenvalue weighted by Gasteiger charge is -2.09. The molecule has 0 aliphatic rings. The molecule has 0 bridgehead atoms. The number of amides is 2. The van der Waals surface area contributed by atoms with Gasteiger partial charge in [-0.25, -0.2) is 4.79 Å². The summed E-state index contributed by atoms with van der Waals surface area (Å²) < 4.78 is 1.74. The maximum absolute atomic E-state index is 11.3. The molecule has 0 fully saturated rings. The second-order valence-corrected chi connectivity index (χ2v) is 3.90. The van der Waals surface area contributed by atoms with Gasteiger partial charge < -0.3 is 10.6 Å². The van der Waals surface area contributed by atoms with E-state index in [2.05, 4.69) is 29.6 Å². The Morgan fingerprint density at radius 2 is 2.27 bits per heavy atom. The number of rotatable bonds is 4. The highest BCUT2D eigenvalue weighted by atomic mass is 16.2. The zero-order valence-electron chi connectivity index (χ0n) is 9.45. The van der Waals surface area contributed by atoms with Crippen LogP contribution >= 0.6 is 0 Å². The van der Waals surface area contributed by atoms with Crippen molar-refractivity contribution >= 4 is 6.03 Å². The van der Waals surface area contributed by atoms with Crippen molar-refractivity contribution in [2.24, 2.45) is 13.0 Å². The lowest BCUT2D eigenvalue weighted by atomic mass is 10.2. The van der Waals surface area contributed by atoms with Gasteiger partial charge in [-0.3, -0.25) is 4.68 Å². The zero-order valence-corrected chi connectivity index (χ0v) is 9.45. The molecule has 2 N–H and O–H groups in total. The molecule has 5 heteroatoms. The first-order valence-electron chi connectivity index (χ1n) is 5.08. The van der Waals surface area contributed by atoms with Crippen molar-refractivity contribution in [3.63, 3.8) is 0 Å². The number of nitrogens with zero attached hydrogens (tertiary/aromatic N) is 2. The Hall–Kier alpha value is -1.52. The normalized spacial score (nSPS) is 10.4. The first-order valence-corrected chi connectivity index (χ1v) is 5.08. The fourth-order valence-corrected chi connectivity index (χ4v) is 1.10. The van der Waals surface area contributed by atoms with Crippen LogP contribution in [0.25, 0.3) is 0 Å². The van der Waals surface area contributed by atoms with E-state index in [1.54, 1.807) is 10.9 Å². The molecule has 84 valence electrons. The summed E-state index contributed by atoms with van der Waals surface area (Å²) in [6, 6.07) is 1.74. The molecule has 0 aliphatic carbocycles.